The van der Waals surface area contributed by atoms with Crippen molar-refractivity contribution in [1.82, 2.24) is 0 Å². The van der Waals surface area contributed by atoms with E-state index >= 15 is 0 Å². The highest BCUT2D eigenvalue weighted by Gasteiger charge is 2.35. The Morgan fingerprint density at radius 1 is 0.968 bits per heavy atom. The van der Waals surface area contributed by atoms with Gasteiger partial charge in [0.1, 0.15) is 0 Å². The highest BCUT2D eigenvalue weighted by atomic mass is 127. The molecule has 1 atom stereocenters. The van der Waals surface area contributed by atoms with Gasteiger partial charge in [-0.15, -0.1) is 0 Å². The summed E-state index contributed by atoms with van der Waals surface area (Å²) >= 11 is 7.75. The number of anilines is 1. The molecular weight excluding hydrogens is 546 g/mol. The lowest BCUT2D eigenvalue weighted by Gasteiger charge is -2.20. The van der Waals surface area contributed by atoms with Gasteiger partial charge in [0.25, 0.3) is 5.91 Å². The number of alkyl halides is 3. The number of carbonyl (C=O) groups is 2. The van der Waals surface area contributed by atoms with Crippen molar-refractivity contribution in [3.05, 3.63) is 98.1 Å². The second-order valence-electron chi connectivity index (χ2n) is 6.38. The molecule has 3 aromatic carbocycles. The van der Waals surface area contributed by atoms with E-state index in [9.17, 15) is 22.8 Å². The molecule has 9 heteroatoms. The SMILES string of the molecule is O=C(OC(C(=O)Nc1ccc(Cl)cc1C(F)(F)F)c1ccccc1)c1ccc(I)cc1. The van der Waals surface area contributed by atoms with E-state index in [2.05, 4.69) is 27.9 Å². The highest BCUT2D eigenvalue weighted by molar-refractivity contribution is 14.1. The van der Waals surface area contributed by atoms with Gasteiger partial charge in [0, 0.05) is 14.2 Å². The summed E-state index contributed by atoms with van der Waals surface area (Å²) in [7, 11) is 0. The number of benzene rings is 3. The van der Waals surface area contributed by atoms with Gasteiger partial charge in [-0.3, -0.25) is 4.79 Å². The number of carbonyl (C=O) groups excluding carboxylic acids is 2. The molecule has 0 bridgehead atoms. The number of hydrogen-bond donors (Lipinski definition) is 1. The summed E-state index contributed by atoms with van der Waals surface area (Å²) in [4.78, 5) is 25.5. The van der Waals surface area contributed by atoms with Crippen LogP contribution in [0.2, 0.25) is 5.02 Å². The third-order valence-corrected chi connectivity index (χ3v) is 5.14. The summed E-state index contributed by atoms with van der Waals surface area (Å²) in [6.07, 6.45) is -6.21. The Kier molecular flexibility index (Phi) is 7.22. The van der Waals surface area contributed by atoms with Crippen LogP contribution < -0.4 is 5.32 Å². The van der Waals surface area contributed by atoms with Crippen LogP contribution >= 0.6 is 34.2 Å². The van der Waals surface area contributed by atoms with Crippen LogP contribution in [0, 0.1) is 3.57 Å². The third kappa shape index (κ3) is 5.98. The number of hydrogen-bond acceptors (Lipinski definition) is 3. The molecule has 0 fully saturated rings. The zero-order valence-corrected chi connectivity index (χ0v) is 18.5. The van der Waals surface area contributed by atoms with Crippen molar-refractivity contribution in [2.24, 2.45) is 0 Å². The first-order valence-electron chi connectivity index (χ1n) is 8.84. The number of rotatable bonds is 5. The molecule has 0 aliphatic carbocycles. The summed E-state index contributed by atoms with van der Waals surface area (Å²) in [6.45, 7) is 0. The van der Waals surface area contributed by atoms with Crippen LogP contribution in [0.4, 0.5) is 18.9 Å². The minimum absolute atomic E-state index is 0.130. The van der Waals surface area contributed by atoms with Crippen molar-refractivity contribution in [2.75, 3.05) is 5.32 Å². The number of esters is 1. The molecule has 0 aliphatic rings. The average Bonchev–Trinajstić information content (AvgIpc) is 2.73. The van der Waals surface area contributed by atoms with Crippen LogP contribution in [0.5, 0.6) is 0 Å². The van der Waals surface area contributed by atoms with Gasteiger partial charge in [0.15, 0.2) is 0 Å². The van der Waals surface area contributed by atoms with E-state index < -0.39 is 35.4 Å². The Hall–Kier alpha value is -2.59. The van der Waals surface area contributed by atoms with Gasteiger partial charge in [-0.1, -0.05) is 41.9 Å². The predicted molar refractivity (Wildman–Crippen MR) is 119 cm³/mol. The van der Waals surface area contributed by atoms with Gasteiger partial charge in [0.05, 0.1) is 16.8 Å². The molecule has 1 unspecified atom stereocenters. The lowest BCUT2D eigenvalue weighted by Crippen LogP contribution is -2.27. The molecule has 0 aliphatic heterocycles. The van der Waals surface area contributed by atoms with Crippen molar-refractivity contribution in [2.45, 2.75) is 12.3 Å². The summed E-state index contributed by atoms with van der Waals surface area (Å²) in [5.41, 5.74) is -1.09. The van der Waals surface area contributed by atoms with E-state index in [-0.39, 0.29) is 10.6 Å². The summed E-state index contributed by atoms with van der Waals surface area (Å²) < 4.78 is 46.4. The third-order valence-electron chi connectivity index (χ3n) is 4.19. The van der Waals surface area contributed by atoms with Crippen LogP contribution in [-0.4, -0.2) is 11.9 Å². The zero-order valence-electron chi connectivity index (χ0n) is 15.6. The normalized spacial score (nSPS) is 12.2. The number of halogens is 5. The van der Waals surface area contributed by atoms with Gasteiger partial charge >= 0.3 is 12.1 Å². The fourth-order valence-electron chi connectivity index (χ4n) is 2.72. The molecule has 0 spiro atoms. The minimum atomic E-state index is -4.74. The Morgan fingerprint density at radius 3 is 2.23 bits per heavy atom. The predicted octanol–water partition coefficient (Wildman–Crippen LogP) is 6.50. The topological polar surface area (TPSA) is 55.4 Å². The van der Waals surface area contributed by atoms with E-state index in [1.807, 2.05) is 0 Å². The van der Waals surface area contributed by atoms with Gasteiger partial charge in [-0.2, -0.15) is 13.2 Å². The lowest BCUT2D eigenvalue weighted by molar-refractivity contribution is -0.137. The Labute approximate surface area is 194 Å². The van der Waals surface area contributed by atoms with E-state index in [4.69, 9.17) is 16.3 Å². The number of nitrogens with one attached hydrogen (secondary N) is 1. The van der Waals surface area contributed by atoms with Crippen LogP contribution in [0.3, 0.4) is 0 Å². The largest absolute Gasteiger partial charge is 0.444 e. The summed E-state index contributed by atoms with van der Waals surface area (Å²) in [6, 6.07) is 17.5. The molecule has 160 valence electrons. The van der Waals surface area contributed by atoms with Gasteiger partial charge in [-0.05, 0) is 65.1 Å². The zero-order chi connectivity index (χ0) is 22.6. The monoisotopic (exact) mass is 559 g/mol. The van der Waals surface area contributed by atoms with E-state index in [0.29, 0.717) is 11.6 Å². The standard InChI is InChI=1S/C22H14ClF3INO3/c23-15-8-11-18(17(12-15)22(24,25)26)28-20(29)19(13-4-2-1-3-5-13)31-21(30)14-6-9-16(27)10-7-14/h1-12,19H,(H,28,29). The molecule has 3 rings (SSSR count). The fraction of sp³-hybridized carbons (Fsp3) is 0.0909. The van der Waals surface area contributed by atoms with Crippen molar-refractivity contribution in [1.29, 1.82) is 0 Å². The van der Waals surface area contributed by atoms with Crippen LogP contribution in [0.1, 0.15) is 27.6 Å². The van der Waals surface area contributed by atoms with E-state index in [0.717, 1.165) is 9.64 Å². The Bertz CT molecular complexity index is 1090. The first-order valence-corrected chi connectivity index (χ1v) is 10.3. The smallest absolute Gasteiger partial charge is 0.418 e. The second kappa shape index (κ2) is 9.69. The van der Waals surface area contributed by atoms with Gasteiger partial charge in [-0.25, -0.2) is 4.79 Å². The number of amides is 1. The van der Waals surface area contributed by atoms with E-state index in [1.165, 1.54) is 30.3 Å². The Balaban J connectivity index is 1.91. The molecule has 0 saturated carbocycles. The highest BCUT2D eigenvalue weighted by Crippen LogP contribution is 2.37. The maximum atomic E-state index is 13.4. The fourth-order valence-corrected chi connectivity index (χ4v) is 3.25. The second-order valence-corrected chi connectivity index (χ2v) is 8.06. The molecule has 1 amide bonds. The molecular formula is C22H14ClF3INO3. The summed E-state index contributed by atoms with van der Waals surface area (Å²) in [5, 5.41) is 2.08. The van der Waals surface area contributed by atoms with Crippen molar-refractivity contribution >= 4 is 51.8 Å². The van der Waals surface area contributed by atoms with Crippen molar-refractivity contribution < 1.29 is 27.5 Å². The van der Waals surface area contributed by atoms with E-state index in [1.54, 1.807) is 30.3 Å². The molecule has 4 nitrogen and oxygen atoms in total. The molecule has 0 radical (unpaired) electrons. The molecule has 0 saturated heterocycles. The quantitative estimate of drug-likeness (QED) is 0.287. The minimum Gasteiger partial charge on any atom is -0.444 e. The Morgan fingerprint density at radius 2 is 1.61 bits per heavy atom. The maximum absolute atomic E-state index is 13.4. The first kappa shape index (κ1) is 23.1. The first-order chi connectivity index (χ1) is 14.6. The average molecular weight is 560 g/mol. The molecule has 31 heavy (non-hydrogen) atoms. The van der Waals surface area contributed by atoms with Gasteiger partial charge < -0.3 is 10.1 Å². The molecule has 0 aromatic heterocycles. The number of ether oxygens (including phenoxy) is 1. The lowest BCUT2D eigenvalue weighted by atomic mass is 10.1. The van der Waals surface area contributed by atoms with Crippen LogP contribution in [-0.2, 0) is 15.7 Å². The molecule has 3 aromatic rings. The van der Waals surface area contributed by atoms with Crippen molar-refractivity contribution in [3.8, 4) is 0 Å². The van der Waals surface area contributed by atoms with Gasteiger partial charge in [0.2, 0.25) is 6.10 Å². The molecule has 0 heterocycles. The van der Waals surface area contributed by atoms with Crippen LogP contribution in [0.25, 0.3) is 0 Å². The van der Waals surface area contributed by atoms with Crippen molar-refractivity contribution in [3.63, 3.8) is 0 Å². The summed E-state index contributed by atoms with van der Waals surface area (Å²) in [5.74, 6) is -1.72. The molecule has 1 N–H and O–H groups in total. The maximum Gasteiger partial charge on any atom is 0.418 e. The van der Waals surface area contributed by atoms with Crippen LogP contribution in [0.15, 0.2) is 72.8 Å².